The zero-order chi connectivity index (χ0) is 22.7. The number of carbonyl (C=O) groups is 1. The molecule has 0 aliphatic heterocycles. The number of nitrogens with one attached hydrogen (secondary N) is 2. The fraction of sp³-hybridized carbons (Fsp3) is 0.741. The van der Waals surface area contributed by atoms with Crippen molar-refractivity contribution in [1.29, 1.82) is 0 Å². The lowest BCUT2D eigenvalue weighted by Crippen LogP contribution is -2.51. The summed E-state index contributed by atoms with van der Waals surface area (Å²) in [6.07, 6.45) is 10.1. The van der Waals surface area contributed by atoms with Gasteiger partial charge in [-0.25, -0.2) is 0 Å². The van der Waals surface area contributed by atoms with E-state index in [1.54, 1.807) is 0 Å². The van der Waals surface area contributed by atoms with Crippen molar-refractivity contribution in [1.82, 2.24) is 10.6 Å². The molecule has 2 atom stereocenters. The normalized spacial score (nSPS) is 29.4. The van der Waals surface area contributed by atoms with Crippen LogP contribution in [0.3, 0.4) is 0 Å². The van der Waals surface area contributed by atoms with Crippen LogP contribution in [0, 0.1) is 35.0 Å². The lowest BCUT2D eigenvalue weighted by molar-refractivity contribution is -0.0503. The highest BCUT2D eigenvalue weighted by Gasteiger charge is 2.50. The molecule has 4 bridgehead atoms. The summed E-state index contributed by atoms with van der Waals surface area (Å²) in [5.41, 5.74) is 2.12. The molecule has 33 heavy (non-hydrogen) atoms. The molecule has 1 aromatic rings. The van der Waals surface area contributed by atoms with Crippen LogP contribution < -0.4 is 10.6 Å². The molecule has 6 heteroatoms. The van der Waals surface area contributed by atoms with E-state index in [-0.39, 0.29) is 24.9 Å². The molecular formula is C27H42Cl2N2O2. The van der Waals surface area contributed by atoms with Gasteiger partial charge in [0.05, 0.1) is 10.6 Å². The molecule has 0 saturated heterocycles. The summed E-state index contributed by atoms with van der Waals surface area (Å²) in [5.74, 6) is 3.45. The third-order valence-corrected chi connectivity index (χ3v) is 8.94. The molecule has 4 saturated carbocycles. The number of hydrogen-bond acceptors (Lipinski definition) is 3. The molecule has 5 rings (SSSR count). The van der Waals surface area contributed by atoms with Crippen LogP contribution in [-0.4, -0.2) is 37.3 Å². The summed E-state index contributed by atoms with van der Waals surface area (Å²) in [5, 5.41) is 16.5. The van der Waals surface area contributed by atoms with Gasteiger partial charge >= 0.3 is 0 Å². The fourth-order valence-electron chi connectivity index (χ4n) is 6.90. The third-order valence-electron chi connectivity index (χ3n) is 8.61. The number of aryl methyl sites for hydroxylation is 1. The summed E-state index contributed by atoms with van der Waals surface area (Å²) in [7, 11) is 0. The van der Waals surface area contributed by atoms with Crippen molar-refractivity contribution in [2.75, 3.05) is 26.2 Å². The van der Waals surface area contributed by atoms with Crippen LogP contribution in [0.15, 0.2) is 18.2 Å². The highest BCUT2D eigenvalue weighted by Crippen LogP contribution is 2.59. The van der Waals surface area contributed by atoms with E-state index in [0.29, 0.717) is 27.8 Å². The first-order valence-electron chi connectivity index (χ1n) is 12.8. The Morgan fingerprint density at radius 2 is 1.76 bits per heavy atom. The SMILES string of the molecule is CC(CO)[C@H](C)CNCCCc1ccc(Cl)c(C(=O)NCC23CC4CC(CC(C4)C2)C3)c1.Cl. The lowest BCUT2D eigenvalue weighted by Gasteiger charge is -2.56. The van der Waals surface area contributed by atoms with Crippen LogP contribution in [0.25, 0.3) is 0 Å². The Hall–Kier alpha value is -0.810. The minimum absolute atomic E-state index is 0. The van der Waals surface area contributed by atoms with Crippen molar-refractivity contribution in [3.05, 3.63) is 34.3 Å². The van der Waals surface area contributed by atoms with E-state index < -0.39 is 0 Å². The number of benzene rings is 1. The van der Waals surface area contributed by atoms with Crippen molar-refractivity contribution in [3.63, 3.8) is 0 Å². The zero-order valence-electron chi connectivity index (χ0n) is 20.2. The molecule has 1 amide bonds. The fourth-order valence-corrected chi connectivity index (χ4v) is 7.10. The molecule has 0 radical (unpaired) electrons. The Balaban J connectivity index is 0.00000306. The third kappa shape index (κ3) is 6.66. The van der Waals surface area contributed by atoms with Crippen molar-refractivity contribution in [2.24, 2.45) is 35.0 Å². The number of hydrogen-bond donors (Lipinski definition) is 3. The van der Waals surface area contributed by atoms with Crippen molar-refractivity contribution < 1.29 is 9.90 Å². The molecule has 1 unspecified atom stereocenters. The van der Waals surface area contributed by atoms with Crippen molar-refractivity contribution in [3.8, 4) is 0 Å². The van der Waals surface area contributed by atoms with Gasteiger partial charge in [0.1, 0.15) is 0 Å². The van der Waals surface area contributed by atoms with Gasteiger partial charge < -0.3 is 15.7 Å². The summed E-state index contributed by atoms with van der Waals surface area (Å²) < 4.78 is 0. The molecular weight excluding hydrogens is 455 g/mol. The van der Waals surface area contributed by atoms with Crippen LogP contribution in [0.4, 0.5) is 0 Å². The van der Waals surface area contributed by atoms with Gasteiger partial charge in [-0.05, 0) is 117 Å². The molecule has 186 valence electrons. The Kier molecular flexibility index (Phi) is 9.54. The molecule has 0 aromatic heterocycles. The van der Waals surface area contributed by atoms with Crippen molar-refractivity contribution >= 4 is 29.9 Å². The van der Waals surface area contributed by atoms with E-state index in [1.165, 1.54) is 38.5 Å². The predicted octanol–water partition coefficient (Wildman–Crippen LogP) is 5.49. The van der Waals surface area contributed by atoms with E-state index in [4.69, 9.17) is 11.6 Å². The Bertz CT molecular complexity index is 765. The van der Waals surface area contributed by atoms with Gasteiger partial charge in [0.25, 0.3) is 5.91 Å². The number of amides is 1. The first kappa shape index (κ1) is 26.8. The highest BCUT2D eigenvalue weighted by molar-refractivity contribution is 6.33. The van der Waals surface area contributed by atoms with Gasteiger partial charge in [-0.1, -0.05) is 31.5 Å². The minimum atomic E-state index is -0.0162. The molecule has 1 aromatic carbocycles. The van der Waals surface area contributed by atoms with Crippen LogP contribution in [0.1, 0.15) is 74.7 Å². The van der Waals surface area contributed by atoms with E-state index in [9.17, 15) is 9.90 Å². The maximum Gasteiger partial charge on any atom is 0.252 e. The summed E-state index contributed by atoms with van der Waals surface area (Å²) in [6, 6.07) is 5.89. The molecule has 0 spiro atoms. The Labute approximate surface area is 211 Å². The van der Waals surface area contributed by atoms with Gasteiger partial charge in [-0.2, -0.15) is 0 Å². The average molecular weight is 498 g/mol. The van der Waals surface area contributed by atoms with E-state index >= 15 is 0 Å². The molecule has 0 heterocycles. The highest BCUT2D eigenvalue weighted by atomic mass is 35.5. The molecule has 4 aliphatic carbocycles. The van der Waals surface area contributed by atoms with Crippen molar-refractivity contribution in [2.45, 2.75) is 65.2 Å². The topological polar surface area (TPSA) is 61.4 Å². The van der Waals surface area contributed by atoms with Gasteiger partial charge in [0.15, 0.2) is 0 Å². The van der Waals surface area contributed by atoms with Gasteiger partial charge in [0, 0.05) is 13.2 Å². The second-order valence-electron chi connectivity index (χ2n) is 11.4. The minimum Gasteiger partial charge on any atom is -0.396 e. The average Bonchev–Trinajstić information content (AvgIpc) is 2.76. The first-order valence-corrected chi connectivity index (χ1v) is 13.1. The number of aliphatic hydroxyl groups is 1. The second-order valence-corrected chi connectivity index (χ2v) is 11.8. The van der Waals surface area contributed by atoms with Crippen LogP contribution in [0.5, 0.6) is 0 Å². The largest absolute Gasteiger partial charge is 0.396 e. The zero-order valence-corrected chi connectivity index (χ0v) is 21.8. The summed E-state index contributed by atoms with van der Waals surface area (Å²) in [6.45, 7) is 7.14. The van der Waals surface area contributed by atoms with Crippen LogP contribution in [0.2, 0.25) is 5.02 Å². The van der Waals surface area contributed by atoms with Gasteiger partial charge in [-0.3, -0.25) is 4.79 Å². The maximum atomic E-state index is 13.0. The number of carbonyl (C=O) groups excluding carboxylic acids is 1. The van der Waals surface area contributed by atoms with Gasteiger partial charge in [-0.15, -0.1) is 12.4 Å². The Morgan fingerprint density at radius 3 is 2.36 bits per heavy atom. The number of aliphatic hydroxyl groups excluding tert-OH is 1. The van der Waals surface area contributed by atoms with E-state index in [2.05, 4.69) is 24.5 Å². The molecule has 3 N–H and O–H groups in total. The molecule has 4 aliphatic rings. The van der Waals surface area contributed by atoms with E-state index in [1.807, 2.05) is 18.2 Å². The monoisotopic (exact) mass is 496 g/mol. The Morgan fingerprint density at radius 1 is 1.12 bits per heavy atom. The predicted molar refractivity (Wildman–Crippen MR) is 138 cm³/mol. The molecule has 4 fully saturated rings. The smallest absolute Gasteiger partial charge is 0.252 e. The standard InChI is InChI=1S/C27H41ClN2O2.ClH/c1-18(19(2)16-31)15-29-7-3-4-20-5-6-25(28)24(11-20)26(32)30-17-27-12-21-8-22(13-27)10-23(9-21)14-27;/h5-6,11,18-19,21-23,29,31H,3-4,7-10,12-17H2,1-2H3,(H,30,32);1H/t18-,19?,21?,22?,23?,27?;/m1./s1. The number of rotatable bonds is 11. The van der Waals surface area contributed by atoms with Crippen LogP contribution in [-0.2, 0) is 6.42 Å². The van der Waals surface area contributed by atoms with Crippen LogP contribution >= 0.6 is 24.0 Å². The number of halogens is 2. The maximum absolute atomic E-state index is 13.0. The van der Waals surface area contributed by atoms with Gasteiger partial charge in [0.2, 0.25) is 0 Å². The quantitative estimate of drug-likeness (QED) is 0.354. The molecule has 4 nitrogen and oxygen atoms in total. The summed E-state index contributed by atoms with van der Waals surface area (Å²) in [4.78, 5) is 13.0. The first-order chi connectivity index (χ1) is 15.4. The second kappa shape index (κ2) is 11.7. The lowest BCUT2D eigenvalue weighted by atomic mass is 9.49. The van der Waals surface area contributed by atoms with E-state index in [0.717, 1.165) is 55.8 Å². The summed E-state index contributed by atoms with van der Waals surface area (Å²) >= 11 is 6.41.